The van der Waals surface area contributed by atoms with Gasteiger partial charge in [-0.15, -0.1) is 0 Å². The van der Waals surface area contributed by atoms with Crippen molar-refractivity contribution >= 4 is 26.7 Å². The molecule has 0 unspecified atom stereocenters. The third-order valence-corrected chi connectivity index (χ3v) is 7.22. The lowest BCUT2D eigenvalue weighted by atomic mass is 10.1. The Balaban J connectivity index is 1.48. The summed E-state index contributed by atoms with van der Waals surface area (Å²) in [5.41, 5.74) is -0.508. The first-order chi connectivity index (χ1) is 14.7. The first kappa shape index (κ1) is 21.3. The van der Waals surface area contributed by atoms with Gasteiger partial charge in [0.25, 0.3) is 5.91 Å². The molecular weight excluding hydrogens is 429 g/mol. The van der Waals surface area contributed by atoms with E-state index in [4.69, 9.17) is 0 Å². The van der Waals surface area contributed by atoms with Gasteiger partial charge in [0.1, 0.15) is 0 Å². The number of hydrogen-bond acceptors (Lipinski definition) is 3. The van der Waals surface area contributed by atoms with Gasteiger partial charge in [-0.05, 0) is 41.1 Å². The zero-order valence-corrected chi connectivity index (χ0v) is 17.2. The van der Waals surface area contributed by atoms with Crippen LogP contribution in [0.4, 0.5) is 13.2 Å². The fourth-order valence-corrected chi connectivity index (χ4v) is 5.09. The van der Waals surface area contributed by atoms with Crippen molar-refractivity contribution in [3.63, 3.8) is 0 Å². The van der Waals surface area contributed by atoms with Crippen molar-refractivity contribution in [3.05, 3.63) is 77.9 Å². The summed E-state index contributed by atoms with van der Waals surface area (Å²) in [7, 11) is -4.09. The van der Waals surface area contributed by atoms with Crippen molar-refractivity contribution < 1.29 is 26.4 Å². The van der Waals surface area contributed by atoms with Gasteiger partial charge < -0.3 is 4.90 Å². The highest BCUT2D eigenvalue weighted by molar-refractivity contribution is 7.89. The number of sulfonamides is 1. The largest absolute Gasteiger partial charge is 0.416 e. The first-order valence-electron chi connectivity index (χ1n) is 9.62. The third-order valence-electron chi connectivity index (χ3n) is 5.32. The predicted octanol–water partition coefficient (Wildman–Crippen LogP) is 4.01. The van der Waals surface area contributed by atoms with Crippen molar-refractivity contribution in [2.45, 2.75) is 11.1 Å². The molecule has 9 heteroatoms. The van der Waals surface area contributed by atoms with E-state index in [2.05, 4.69) is 0 Å². The Bertz CT molecular complexity index is 1230. The van der Waals surface area contributed by atoms with Gasteiger partial charge in [0.2, 0.25) is 10.0 Å². The molecule has 0 saturated carbocycles. The highest BCUT2D eigenvalue weighted by atomic mass is 32.2. The van der Waals surface area contributed by atoms with E-state index < -0.39 is 26.7 Å². The predicted molar refractivity (Wildman–Crippen MR) is 110 cm³/mol. The molecule has 0 spiro atoms. The summed E-state index contributed by atoms with van der Waals surface area (Å²) in [5.74, 6) is -0.207. The molecule has 0 aliphatic carbocycles. The van der Waals surface area contributed by atoms with Crippen molar-refractivity contribution in [3.8, 4) is 0 Å². The van der Waals surface area contributed by atoms with Gasteiger partial charge in [-0.1, -0.05) is 36.4 Å². The maximum Gasteiger partial charge on any atom is 0.416 e. The molecule has 3 aromatic rings. The van der Waals surface area contributed by atoms with Crippen LogP contribution in [0.3, 0.4) is 0 Å². The maximum atomic E-state index is 12.9. The molecule has 0 bridgehead atoms. The smallest absolute Gasteiger partial charge is 0.336 e. The van der Waals surface area contributed by atoms with E-state index in [-0.39, 0.29) is 32.1 Å². The first-order valence-corrected chi connectivity index (χ1v) is 11.1. The summed E-state index contributed by atoms with van der Waals surface area (Å²) in [6, 6.07) is 16.7. The van der Waals surface area contributed by atoms with Crippen LogP contribution >= 0.6 is 0 Å². The van der Waals surface area contributed by atoms with Crippen LogP contribution in [0.1, 0.15) is 15.9 Å². The van der Waals surface area contributed by atoms with E-state index in [9.17, 15) is 26.4 Å². The molecule has 31 heavy (non-hydrogen) atoms. The molecule has 1 saturated heterocycles. The minimum absolute atomic E-state index is 0.0118. The number of piperazine rings is 1. The van der Waals surface area contributed by atoms with E-state index in [1.165, 1.54) is 0 Å². The van der Waals surface area contributed by atoms with E-state index in [1.54, 1.807) is 17.0 Å². The Hall–Kier alpha value is -2.91. The number of fused-ring (bicyclic) bond motifs is 1. The van der Waals surface area contributed by atoms with E-state index in [0.29, 0.717) is 11.6 Å². The number of alkyl halides is 3. The highest BCUT2D eigenvalue weighted by Gasteiger charge is 2.34. The lowest BCUT2D eigenvalue weighted by Crippen LogP contribution is -2.50. The monoisotopic (exact) mass is 448 g/mol. The molecule has 3 aromatic carbocycles. The third kappa shape index (κ3) is 4.28. The van der Waals surface area contributed by atoms with Gasteiger partial charge in [-0.3, -0.25) is 4.79 Å². The van der Waals surface area contributed by atoms with Crippen molar-refractivity contribution in [2.75, 3.05) is 26.2 Å². The van der Waals surface area contributed by atoms with Gasteiger partial charge in [-0.25, -0.2) is 8.42 Å². The van der Waals surface area contributed by atoms with Crippen LogP contribution in [0.15, 0.2) is 71.6 Å². The Morgan fingerprint density at radius 3 is 2.16 bits per heavy atom. The topological polar surface area (TPSA) is 57.7 Å². The summed E-state index contributed by atoms with van der Waals surface area (Å²) in [5, 5.41) is 1.94. The van der Waals surface area contributed by atoms with Crippen LogP contribution in [0.25, 0.3) is 10.8 Å². The summed E-state index contributed by atoms with van der Waals surface area (Å²) in [4.78, 5) is 14.0. The van der Waals surface area contributed by atoms with Crippen molar-refractivity contribution in [1.82, 2.24) is 9.21 Å². The standard InChI is InChI=1S/C22H19F3N2O3S/c23-22(24,25)19-6-3-7-20(15-19)31(29,30)27-12-10-26(11-13-27)21(28)18-9-8-16-4-1-2-5-17(16)14-18/h1-9,14-15H,10-13H2. The minimum Gasteiger partial charge on any atom is -0.336 e. The fourth-order valence-electron chi connectivity index (χ4n) is 3.62. The van der Waals surface area contributed by atoms with E-state index in [1.807, 2.05) is 30.3 Å². The van der Waals surface area contributed by atoms with Crippen LogP contribution in [0.5, 0.6) is 0 Å². The zero-order chi connectivity index (χ0) is 22.2. The molecule has 0 N–H and O–H groups in total. The minimum atomic E-state index is -4.63. The maximum absolute atomic E-state index is 12.9. The molecule has 4 rings (SSSR count). The highest BCUT2D eigenvalue weighted by Crippen LogP contribution is 2.31. The SMILES string of the molecule is O=C(c1ccc2ccccc2c1)N1CCN(S(=O)(=O)c2cccc(C(F)(F)F)c2)CC1. The average molecular weight is 448 g/mol. The molecule has 1 aliphatic rings. The number of carbonyl (C=O) groups is 1. The Morgan fingerprint density at radius 1 is 0.806 bits per heavy atom. The number of nitrogens with zero attached hydrogens (tertiary/aromatic N) is 2. The van der Waals surface area contributed by atoms with Crippen LogP contribution in [0.2, 0.25) is 0 Å². The molecule has 0 aromatic heterocycles. The zero-order valence-electron chi connectivity index (χ0n) is 16.3. The van der Waals surface area contributed by atoms with E-state index >= 15 is 0 Å². The molecule has 1 amide bonds. The molecule has 5 nitrogen and oxygen atoms in total. The number of rotatable bonds is 3. The van der Waals surface area contributed by atoms with Crippen LogP contribution in [-0.4, -0.2) is 49.7 Å². The second-order valence-corrected chi connectivity index (χ2v) is 9.22. The van der Waals surface area contributed by atoms with Gasteiger partial charge in [0.05, 0.1) is 10.5 Å². The molecule has 0 atom stereocenters. The fraction of sp³-hybridized carbons (Fsp3) is 0.227. The summed E-state index contributed by atoms with van der Waals surface area (Å²) in [6.45, 7) is 0.337. The van der Waals surface area contributed by atoms with Crippen molar-refractivity contribution in [1.29, 1.82) is 0 Å². The van der Waals surface area contributed by atoms with Crippen LogP contribution in [-0.2, 0) is 16.2 Å². The second-order valence-electron chi connectivity index (χ2n) is 7.28. The molecule has 1 aliphatic heterocycles. The van der Waals surface area contributed by atoms with E-state index in [0.717, 1.165) is 33.3 Å². The second kappa shape index (κ2) is 7.97. The normalized spacial score (nSPS) is 15.9. The van der Waals surface area contributed by atoms with Gasteiger partial charge in [0, 0.05) is 31.7 Å². The Labute approximate surface area is 177 Å². The lowest BCUT2D eigenvalue weighted by molar-refractivity contribution is -0.137. The average Bonchev–Trinajstić information content (AvgIpc) is 2.78. The van der Waals surface area contributed by atoms with Crippen molar-refractivity contribution in [2.24, 2.45) is 0 Å². The molecule has 1 heterocycles. The summed E-state index contributed by atoms with van der Waals surface area (Å²) >= 11 is 0. The number of carbonyl (C=O) groups excluding carboxylic acids is 1. The van der Waals surface area contributed by atoms with Gasteiger partial charge in [-0.2, -0.15) is 17.5 Å². The number of benzene rings is 3. The number of halogens is 3. The Kier molecular flexibility index (Phi) is 5.49. The van der Waals surface area contributed by atoms with Crippen LogP contribution < -0.4 is 0 Å². The van der Waals surface area contributed by atoms with Gasteiger partial charge in [0.15, 0.2) is 0 Å². The lowest BCUT2D eigenvalue weighted by Gasteiger charge is -2.34. The molecule has 0 radical (unpaired) electrons. The quantitative estimate of drug-likeness (QED) is 0.609. The molecule has 1 fully saturated rings. The van der Waals surface area contributed by atoms with Gasteiger partial charge >= 0.3 is 6.18 Å². The summed E-state index contributed by atoms with van der Waals surface area (Å²) in [6.07, 6.45) is -4.63. The molecule has 162 valence electrons. The Morgan fingerprint density at radius 2 is 1.48 bits per heavy atom. The van der Waals surface area contributed by atoms with Crippen LogP contribution in [0, 0.1) is 0 Å². The number of hydrogen-bond donors (Lipinski definition) is 0. The summed E-state index contributed by atoms with van der Waals surface area (Å²) < 4.78 is 65.6. The number of amides is 1. The molecular formula is C22H19F3N2O3S.